The molecule has 26 heavy (non-hydrogen) atoms. The van der Waals surface area contributed by atoms with Crippen LogP contribution in [0.5, 0.6) is 5.75 Å². The van der Waals surface area contributed by atoms with E-state index in [1.54, 1.807) is 18.2 Å². The lowest BCUT2D eigenvalue weighted by Crippen LogP contribution is -2.04. The largest absolute Gasteiger partial charge is 0.458 e. The summed E-state index contributed by atoms with van der Waals surface area (Å²) in [4.78, 5) is 22.1. The van der Waals surface area contributed by atoms with E-state index in [1.807, 2.05) is 24.3 Å². The van der Waals surface area contributed by atoms with Crippen LogP contribution in [0.3, 0.4) is 0 Å². The van der Waals surface area contributed by atoms with E-state index in [0.29, 0.717) is 5.56 Å². The fraction of sp³-hybridized carbons (Fsp3) is 0.0476. The smallest absolute Gasteiger partial charge is 0.335 e. The number of ether oxygens (including phenoxy) is 2. The molecule has 0 aliphatic heterocycles. The summed E-state index contributed by atoms with van der Waals surface area (Å²) in [6.07, 6.45) is 5.58. The van der Waals surface area contributed by atoms with Crippen molar-refractivity contribution in [1.82, 2.24) is 0 Å². The monoisotopic (exact) mass is 352 g/mol. The molecule has 0 bridgehead atoms. The molecule has 0 radical (unpaired) electrons. The zero-order valence-corrected chi connectivity index (χ0v) is 14.0. The Balaban J connectivity index is 2.06. The van der Waals surface area contributed by atoms with Crippen molar-refractivity contribution in [3.63, 3.8) is 0 Å². The molecule has 5 heteroatoms. The Kier molecular flexibility index (Phi) is 6.62. The molecule has 0 unspecified atom stereocenters. The van der Waals surface area contributed by atoms with Gasteiger partial charge in [0.2, 0.25) is 0 Å². The predicted octanol–water partition coefficient (Wildman–Crippen LogP) is 4.33. The molecular formula is C21H17FO4. The van der Waals surface area contributed by atoms with Gasteiger partial charge in [-0.05, 0) is 34.9 Å². The SMILES string of the molecule is C=CC(=O)OC/C=C/c1ccc(-c2ccc(OC(=O)C=C)c(F)c2)cc1. The van der Waals surface area contributed by atoms with Crippen LogP contribution in [0.25, 0.3) is 17.2 Å². The third-order valence-corrected chi connectivity index (χ3v) is 3.35. The fourth-order valence-corrected chi connectivity index (χ4v) is 2.07. The second-order valence-electron chi connectivity index (χ2n) is 5.13. The first-order valence-corrected chi connectivity index (χ1v) is 7.73. The number of hydrogen-bond acceptors (Lipinski definition) is 4. The molecule has 0 aliphatic rings. The summed E-state index contributed by atoms with van der Waals surface area (Å²) in [7, 11) is 0. The van der Waals surface area contributed by atoms with Crippen molar-refractivity contribution in [2.75, 3.05) is 6.61 Å². The van der Waals surface area contributed by atoms with Gasteiger partial charge in [-0.3, -0.25) is 0 Å². The first-order valence-electron chi connectivity index (χ1n) is 7.73. The molecule has 0 saturated carbocycles. The maximum Gasteiger partial charge on any atom is 0.335 e. The Morgan fingerprint density at radius 3 is 2.23 bits per heavy atom. The van der Waals surface area contributed by atoms with E-state index in [4.69, 9.17) is 9.47 Å². The van der Waals surface area contributed by atoms with Crippen LogP contribution >= 0.6 is 0 Å². The maximum atomic E-state index is 14.0. The number of halogens is 1. The van der Waals surface area contributed by atoms with Gasteiger partial charge in [0.25, 0.3) is 0 Å². The minimum atomic E-state index is -0.716. The Morgan fingerprint density at radius 2 is 1.62 bits per heavy atom. The van der Waals surface area contributed by atoms with Gasteiger partial charge in [-0.2, -0.15) is 0 Å². The normalized spacial score (nSPS) is 10.3. The lowest BCUT2D eigenvalue weighted by Gasteiger charge is -2.06. The molecule has 4 nitrogen and oxygen atoms in total. The number of carbonyl (C=O) groups is 2. The van der Waals surface area contributed by atoms with Gasteiger partial charge in [-0.15, -0.1) is 0 Å². The van der Waals surface area contributed by atoms with E-state index < -0.39 is 17.8 Å². The molecular weight excluding hydrogens is 335 g/mol. The minimum Gasteiger partial charge on any atom is -0.458 e. The molecule has 0 saturated heterocycles. The van der Waals surface area contributed by atoms with E-state index in [-0.39, 0.29) is 12.4 Å². The van der Waals surface area contributed by atoms with E-state index in [2.05, 4.69) is 13.2 Å². The zero-order valence-electron chi connectivity index (χ0n) is 14.0. The highest BCUT2D eigenvalue weighted by molar-refractivity contribution is 5.83. The molecule has 0 heterocycles. The third kappa shape index (κ3) is 5.27. The van der Waals surface area contributed by atoms with Crippen LogP contribution in [0, 0.1) is 5.82 Å². The van der Waals surface area contributed by atoms with E-state index in [0.717, 1.165) is 23.3 Å². The lowest BCUT2D eigenvalue weighted by molar-refractivity contribution is -0.136. The van der Waals surface area contributed by atoms with E-state index in [9.17, 15) is 14.0 Å². The summed E-state index contributed by atoms with van der Waals surface area (Å²) in [6, 6.07) is 11.7. The Labute approximate surface area is 150 Å². The standard InChI is InChI=1S/C21H17FO4/c1-3-20(23)25-13-5-6-15-7-9-16(10-8-15)17-11-12-19(18(22)14-17)26-21(24)4-2/h3-12,14H,1-2,13H2/b6-5+. The highest BCUT2D eigenvalue weighted by Gasteiger charge is 2.09. The zero-order chi connectivity index (χ0) is 18.9. The highest BCUT2D eigenvalue weighted by atomic mass is 19.1. The summed E-state index contributed by atoms with van der Waals surface area (Å²) in [5, 5.41) is 0. The minimum absolute atomic E-state index is 0.146. The van der Waals surface area contributed by atoms with Crippen LogP contribution in [-0.2, 0) is 14.3 Å². The molecule has 0 spiro atoms. The summed E-state index contributed by atoms with van der Waals surface area (Å²) >= 11 is 0. The van der Waals surface area contributed by atoms with Gasteiger partial charge in [0.05, 0.1) is 0 Å². The van der Waals surface area contributed by atoms with Gasteiger partial charge in [0.15, 0.2) is 11.6 Å². The molecule has 2 aromatic carbocycles. The molecule has 0 fully saturated rings. The van der Waals surface area contributed by atoms with Crippen LogP contribution in [0.2, 0.25) is 0 Å². The van der Waals surface area contributed by atoms with Crippen molar-refractivity contribution in [2.24, 2.45) is 0 Å². The van der Waals surface area contributed by atoms with Crippen LogP contribution in [0.4, 0.5) is 4.39 Å². The molecule has 2 aromatic rings. The average molecular weight is 352 g/mol. The molecule has 132 valence electrons. The van der Waals surface area contributed by atoms with E-state index >= 15 is 0 Å². The van der Waals surface area contributed by atoms with Gasteiger partial charge >= 0.3 is 11.9 Å². The predicted molar refractivity (Wildman–Crippen MR) is 97.9 cm³/mol. The van der Waals surface area contributed by atoms with Crippen molar-refractivity contribution in [3.8, 4) is 16.9 Å². The average Bonchev–Trinajstić information content (AvgIpc) is 2.67. The lowest BCUT2D eigenvalue weighted by atomic mass is 10.0. The highest BCUT2D eigenvalue weighted by Crippen LogP contribution is 2.26. The quantitative estimate of drug-likeness (QED) is 0.423. The topological polar surface area (TPSA) is 52.6 Å². The van der Waals surface area contributed by atoms with Crippen molar-refractivity contribution in [1.29, 1.82) is 0 Å². The molecule has 0 atom stereocenters. The summed E-state index contributed by atoms with van der Waals surface area (Å²) in [5.41, 5.74) is 2.36. The number of rotatable bonds is 7. The van der Waals surface area contributed by atoms with Gasteiger partial charge in [-0.25, -0.2) is 14.0 Å². The summed E-state index contributed by atoms with van der Waals surface area (Å²) in [5.74, 6) is -1.97. The van der Waals surface area contributed by atoms with Crippen molar-refractivity contribution < 1.29 is 23.5 Å². The molecule has 0 aromatic heterocycles. The Bertz CT molecular complexity index is 851. The Morgan fingerprint density at radius 1 is 0.962 bits per heavy atom. The van der Waals surface area contributed by atoms with Crippen LogP contribution < -0.4 is 4.74 Å². The molecule has 0 amide bonds. The number of esters is 2. The number of hydrogen-bond donors (Lipinski definition) is 0. The van der Waals surface area contributed by atoms with Crippen molar-refractivity contribution >= 4 is 18.0 Å². The second kappa shape index (κ2) is 9.13. The molecule has 0 N–H and O–H groups in total. The third-order valence-electron chi connectivity index (χ3n) is 3.35. The second-order valence-corrected chi connectivity index (χ2v) is 5.13. The summed E-state index contributed by atoms with van der Waals surface area (Å²) < 4.78 is 23.7. The fourth-order valence-electron chi connectivity index (χ4n) is 2.07. The van der Waals surface area contributed by atoms with Gasteiger partial charge < -0.3 is 9.47 Å². The molecule has 2 rings (SSSR count). The van der Waals surface area contributed by atoms with Crippen LogP contribution in [0.15, 0.2) is 73.9 Å². The number of carbonyl (C=O) groups excluding carboxylic acids is 2. The van der Waals surface area contributed by atoms with Crippen LogP contribution in [-0.4, -0.2) is 18.5 Å². The van der Waals surface area contributed by atoms with Gasteiger partial charge in [-0.1, -0.05) is 49.6 Å². The van der Waals surface area contributed by atoms with Gasteiger partial charge in [0.1, 0.15) is 6.61 Å². The Hall–Kier alpha value is -3.47. The first kappa shape index (κ1) is 18.9. The van der Waals surface area contributed by atoms with Crippen molar-refractivity contribution in [3.05, 3.63) is 85.2 Å². The first-order chi connectivity index (χ1) is 12.5. The number of benzene rings is 2. The van der Waals surface area contributed by atoms with E-state index in [1.165, 1.54) is 12.1 Å². The van der Waals surface area contributed by atoms with Crippen LogP contribution in [0.1, 0.15) is 5.56 Å². The molecule has 0 aliphatic carbocycles. The summed E-state index contributed by atoms with van der Waals surface area (Å²) in [6.45, 7) is 6.74. The van der Waals surface area contributed by atoms with Gasteiger partial charge in [0, 0.05) is 12.2 Å². The van der Waals surface area contributed by atoms with Crippen molar-refractivity contribution in [2.45, 2.75) is 0 Å². The maximum absolute atomic E-state index is 14.0.